The predicted molar refractivity (Wildman–Crippen MR) is 129 cm³/mol. The molecular weight excluding hydrogens is 424 g/mol. The van der Waals surface area contributed by atoms with Crippen molar-refractivity contribution in [2.24, 2.45) is 5.73 Å². The monoisotopic (exact) mass is 470 g/mol. The first-order chi connectivity index (χ1) is 15.8. The van der Waals surface area contributed by atoms with E-state index >= 15 is 0 Å². The Morgan fingerprint density at radius 2 is 0.879 bits per heavy atom. The Labute approximate surface area is 199 Å². The molecule has 0 saturated carbocycles. The van der Waals surface area contributed by atoms with Crippen LogP contribution in [0.3, 0.4) is 0 Å². The first-order valence-corrected chi connectivity index (χ1v) is 12.8. The van der Waals surface area contributed by atoms with Gasteiger partial charge < -0.3 is 21.3 Å². The predicted octanol–water partition coefficient (Wildman–Crippen LogP) is 4.93. The van der Waals surface area contributed by atoms with Crippen molar-refractivity contribution in [1.29, 1.82) is 0 Å². The Bertz CT molecular complexity index is 553. The minimum absolute atomic E-state index is 0.0204. The molecule has 0 aliphatic heterocycles. The Balaban J connectivity index is 3.39. The van der Waals surface area contributed by atoms with Crippen LogP contribution in [0.5, 0.6) is 0 Å². The first-order valence-electron chi connectivity index (χ1n) is 12.8. The topological polar surface area (TPSA) is 147 Å². The number of nitrogens with two attached hydrogens (primary N) is 1. The number of amides is 2. The summed E-state index contributed by atoms with van der Waals surface area (Å²) in [4.78, 5) is 44.2. The summed E-state index contributed by atoms with van der Waals surface area (Å²) < 4.78 is 0. The van der Waals surface area contributed by atoms with Crippen molar-refractivity contribution in [2.75, 3.05) is 0 Å². The SMILES string of the molecule is NC(=O)[C@H](CCC(=O)O)NC(=O)CCCCCCCCCCCCCCCCCCC(=O)O. The summed E-state index contributed by atoms with van der Waals surface area (Å²) in [5, 5.41) is 19.8. The number of carboxylic acid groups (broad SMARTS) is 2. The number of carbonyl (C=O) groups excluding carboxylic acids is 2. The average molecular weight is 471 g/mol. The number of aliphatic carboxylic acids is 2. The molecule has 8 nitrogen and oxygen atoms in total. The summed E-state index contributed by atoms with van der Waals surface area (Å²) in [6, 6.07) is -0.913. The number of rotatable bonds is 24. The van der Waals surface area contributed by atoms with Crippen LogP contribution in [0.25, 0.3) is 0 Å². The van der Waals surface area contributed by atoms with E-state index < -0.39 is 23.9 Å². The molecule has 0 rings (SSSR count). The number of carbonyl (C=O) groups is 4. The molecule has 2 amide bonds. The van der Waals surface area contributed by atoms with Gasteiger partial charge >= 0.3 is 11.9 Å². The van der Waals surface area contributed by atoms with Gasteiger partial charge in [0, 0.05) is 19.3 Å². The van der Waals surface area contributed by atoms with Gasteiger partial charge in [-0.15, -0.1) is 0 Å². The van der Waals surface area contributed by atoms with Gasteiger partial charge in [-0.05, 0) is 19.3 Å². The zero-order valence-electron chi connectivity index (χ0n) is 20.3. The summed E-state index contributed by atoms with van der Waals surface area (Å²) in [7, 11) is 0. The fourth-order valence-electron chi connectivity index (χ4n) is 3.86. The molecule has 0 aromatic rings. The summed E-state index contributed by atoms with van der Waals surface area (Å²) in [6.45, 7) is 0. The van der Waals surface area contributed by atoms with Gasteiger partial charge in [-0.2, -0.15) is 0 Å². The number of hydrogen-bond donors (Lipinski definition) is 4. The molecule has 0 aliphatic carbocycles. The fourth-order valence-corrected chi connectivity index (χ4v) is 3.86. The van der Waals surface area contributed by atoms with Crippen molar-refractivity contribution < 1.29 is 29.4 Å². The van der Waals surface area contributed by atoms with Gasteiger partial charge in [0.05, 0.1) is 0 Å². The number of unbranched alkanes of at least 4 members (excludes halogenated alkanes) is 15. The average Bonchev–Trinajstić information content (AvgIpc) is 2.75. The summed E-state index contributed by atoms with van der Waals surface area (Å²) >= 11 is 0. The Hall–Kier alpha value is -2.12. The van der Waals surface area contributed by atoms with Crippen LogP contribution in [-0.2, 0) is 19.2 Å². The Kier molecular flexibility index (Phi) is 20.3. The third kappa shape index (κ3) is 22.9. The van der Waals surface area contributed by atoms with Gasteiger partial charge in [-0.1, -0.05) is 89.9 Å². The van der Waals surface area contributed by atoms with Gasteiger partial charge in [0.2, 0.25) is 11.8 Å². The van der Waals surface area contributed by atoms with Gasteiger partial charge in [0.1, 0.15) is 6.04 Å². The molecule has 0 aromatic heterocycles. The second-order valence-electron chi connectivity index (χ2n) is 9.01. The number of carboxylic acids is 2. The van der Waals surface area contributed by atoms with Crippen LogP contribution >= 0.6 is 0 Å². The standard InChI is InChI=1S/C25H46N2O6/c26-25(33)21(19-20-24(31)32)27-22(28)17-15-13-11-9-7-5-3-1-2-4-6-8-10-12-14-16-18-23(29)30/h21H,1-20H2,(H2,26,33)(H,27,28)(H,29,30)(H,31,32)/t21-/m0/s1. The molecule has 8 heteroatoms. The van der Waals surface area contributed by atoms with Crippen molar-refractivity contribution in [2.45, 2.75) is 134 Å². The molecule has 0 fully saturated rings. The van der Waals surface area contributed by atoms with Gasteiger partial charge in [0.25, 0.3) is 0 Å². The maximum atomic E-state index is 11.9. The molecule has 0 saturated heterocycles. The van der Waals surface area contributed by atoms with Crippen LogP contribution in [0.4, 0.5) is 0 Å². The molecule has 0 heterocycles. The van der Waals surface area contributed by atoms with E-state index in [1.165, 1.54) is 64.2 Å². The molecule has 5 N–H and O–H groups in total. The molecule has 0 bridgehead atoms. The fraction of sp³-hybridized carbons (Fsp3) is 0.840. The maximum Gasteiger partial charge on any atom is 0.303 e. The maximum absolute atomic E-state index is 11.9. The van der Waals surface area contributed by atoms with Crippen molar-refractivity contribution >= 4 is 23.8 Å². The lowest BCUT2D eigenvalue weighted by atomic mass is 10.0. The van der Waals surface area contributed by atoms with E-state index in [2.05, 4.69) is 5.32 Å². The van der Waals surface area contributed by atoms with Crippen LogP contribution in [0.1, 0.15) is 128 Å². The lowest BCUT2D eigenvalue weighted by Crippen LogP contribution is -2.44. The molecule has 0 aromatic carbocycles. The third-order valence-corrected chi connectivity index (χ3v) is 5.87. The summed E-state index contributed by atoms with van der Waals surface area (Å²) in [5.41, 5.74) is 5.21. The molecule has 33 heavy (non-hydrogen) atoms. The quantitative estimate of drug-likeness (QED) is 0.147. The minimum Gasteiger partial charge on any atom is -0.481 e. The van der Waals surface area contributed by atoms with Gasteiger partial charge in [-0.3, -0.25) is 19.2 Å². The molecular formula is C25H46N2O6. The van der Waals surface area contributed by atoms with Crippen LogP contribution in [0.15, 0.2) is 0 Å². The zero-order valence-corrected chi connectivity index (χ0v) is 20.3. The lowest BCUT2D eigenvalue weighted by Gasteiger charge is -2.14. The molecule has 0 spiro atoms. The van der Waals surface area contributed by atoms with Crippen molar-refractivity contribution in [3.05, 3.63) is 0 Å². The number of nitrogens with one attached hydrogen (secondary N) is 1. The smallest absolute Gasteiger partial charge is 0.303 e. The molecule has 0 aliphatic rings. The first kappa shape index (κ1) is 30.9. The van der Waals surface area contributed by atoms with E-state index in [4.69, 9.17) is 15.9 Å². The molecule has 0 radical (unpaired) electrons. The summed E-state index contributed by atoms with van der Waals surface area (Å²) in [6.07, 6.45) is 18.8. The molecule has 0 unspecified atom stereocenters. The minimum atomic E-state index is -1.02. The van der Waals surface area contributed by atoms with Crippen LogP contribution in [0, 0.1) is 0 Å². The number of hydrogen-bond acceptors (Lipinski definition) is 4. The molecule has 1 atom stereocenters. The van der Waals surface area contributed by atoms with E-state index in [1.54, 1.807) is 0 Å². The molecule has 192 valence electrons. The van der Waals surface area contributed by atoms with Crippen molar-refractivity contribution in [1.82, 2.24) is 5.32 Å². The normalized spacial score (nSPS) is 11.8. The Morgan fingerprint density at radius 3 is 1.21 bits per heavy atom. The largest absolute Gasteiger partial charge is 0.481 e. The third-order valence-electron chi connectivity index (χ3n) is 5.87. The number of primary amides is 1. The highest BCUT2D eigenvalue weighted by Crippen LogP contribution is 2.14. The van der Waals surface area contributed by atoms with Crippen molar-refractivity contribution in [3.63, 3.8) is 0 Å². The van der Waals surface area contributed by atoms with Crippen molar-refractivity contribution in [3.8, 4) is 0 Å². The van der Waals surface area contributed by atoms with Crippen LogP contribution < -0.4 is 11.1 Å². The summed E-state index contributed by atoms with van der Waals surface area (Å²) in [5.74, 6) is -2.66. The van der Waals surface area contributed by atoms with E-state index in [0.717, 1.165) is 38.5 Å². The van der Waals surface area contributed by atoms with E-state index in [-0.39, 0.29) is 18.7 Å². The lowest BCUT2D eigenvalue weighted by molar-refractivity contribution is -0.138. The van der Waals surface area contributed by atoms with Gasteiger partial charge in [0.15, 0.2) is 0 Å². The van der Waals surface area contributed by atoms with E-state index in [1.807, 2.05) is 0 Å². The highest BCUT2D eigenvalue weighted by molar-refractivity contribution is 5.86. The zero-order chi connectivity index (χ0) is 24.7. The van der Waals surface area contributed by atoms with Crippen LogP contribution in [-0.4, -0.2) is 40.0 Å². The second kappa shape index (κ2) is 21.7. The highest BCUT2D eigenvalue weighted by atomic mass is 16.4. The van der Waals surface area contributed by atoms with Crippen LogP contribution in [0.2, 0.25) is 0 Å². The van der Waals surface area contributed by atoms with E-state index in [0.29, 0.717) is 12.8 Å². The highest BCUT2D eigenvalue weighted by Gasteiger charge is 2.18. The van der Waals surface area contributed by atoms with E-state index in [9.17, 15) is 19.2 Å². The van der Waals surface area contributed by atoms with Gasteiger partial charge in [-0.25, -0.2) is 0 Å². The Morgan fingerprint density at radius 1 is 0.545 bits per heavy atom. The second-order valence-corrected chi connectivity index (χ2v) is 9.01.